The van der Waals surface area contributed by atoms with Crippen LogP contribution in [-0.4, -0.2) is 22.0 Å². The molecule has 0 unspecified atom stereocenters. The van der Waals surface area contributed by atoms with E-state index >= 15 is 0 Å². The second-order valence-corrected chi connectivity index (χ2v) is 5.36. The van der Waals surface area contributed by atoms with Crippen molar-refractivity contribution in [1.29, 1.82) is 0 Å². The number of aliphatic carboxylic acids is 1. The Bertz CT molecular complexity index is 761. The molecule has 2 rings (SSSR count). The number of hydrogen-bond donors (Lipinski definition) is 2. The van der Waals surface area contributed by atoms with Crippen molar-refractivity contribution in [2.45, 2.75) is 13.3 Å². The van der Waals surface area contributed by atoms with Crippen LogP contribution in [0.15, 0.2) is 12.1 Å². The van der Waals surface area contributed by atoms with E-state index in [0.717, 1.165) is 17.4 Å². The predicted octanol–water partition coefficient (Wildman–Crippen LogP) is 2.75. The number of anilines is 1. The summed E-state index contributed by atoms with van der Waals surface area (Å²) in [6.45, 7) is 1.56. The van der Waals surface area contributed by atoms with Crippen molar-refractivity contribution in [3.63, 3.8) is 0 Å². The molecule has 1 heterocycles. The predicted molar refractivity (Wildman–Crippen MR) is 72.5 cm³/mol. The molecule has 0 spiro atoms. The van der Waals surface area contributed by atoms with E-state index in [9.17, 15) is 22.8 Å². The van der Waals surface area contributed by atoms with Gasteiger partial charge in [0.1, 0.15) is 0 Å². The minimum absolute atomic E-state index is 0.0443. The fourth-order valence-electron chi connectivity index (χ4n) is 1.65. The zero-order chi connectivity index (χ0) is 16.4. The molecule has 1 aromatic heterocycles. The van der Waals surface area contributed by atoms with E-state index in [4.69, 9.17) is 5.11 Å². The molecule has 116 valence electrons. The third kappa shape index (κ3) is 3.25. The number of benzene rings is 1. The second kappa shape index (κ2) is 6.14. The molecule has 2 aromatic rings. The highest BCUT2D eigenvalue weighted by Crippen LogP contribution is 2.24. The van der Waals surface area contributed by atoms with Crippen LogP contribution in [0.5, 0.6) is 0 Å². The third-order valence-electron chi connectivity index (χ3n) is 2.70. The molecule has 0 aliphatic rings. The summed E-state index contributed by atoms with van der Waals surface area (Å²) in [5.74, 6) is -6.81. The smallest absolute Gasteiger partial charge is 0.308 e. The maximum atomic E-state index is 13.5. The van der Waals surface area contributed by atoms with Gasteiger partial charge in [0.25, 0.3) is 5.91 Å². The van der Waals surface area contributed by atoms with Crippen molar-refractivity contribution >= 4 is 28.3 Å². The lowest BCUT2D eigenvalue weighted by molar-refractivity contribution is -0.136. The number of carboxylic acid groups (broad SMARTS) is 1. The third-order valence-corrected chi connectivity index (χ3v) is 3.78. The van der Waals surface area contributed by atoms with Crippen LogP contribution in [0.4, 0.5) is 18.3 Å². The molecule has 0 bridgehead atoms. The summed E-state index contributed by atoms with van der Waals surface area (Å²) in [5, 5.41) is 11.0. The highest BCUT2D eigenvalue weighted by Gasteiger charge is 2.20. The molecule has 0 radical (unpaired) electrons. The number of carboxylic acids is 1. The molecule has 22 heavy (non-hydrogen) atoms. The number of rotatable bonds is 4. The number of halogens is 3. The van der Waals surface area contributed by atoms with Gasteiger partial charge in [0.05, 0.1) is 17.7 Å². The number of thiazole rings is 1. The van der Waals surface area contributed by atoms with E-state index in [0.29, 0.717) is 16.6 Å². The van der Waals surface area contributed by atoms with E-state index < -0.39 is 34.9 Å². The zero-order valence-electron chi connectivity index (χ0n) is 11.1. The van der Waals surface area contributed by atoms with Gasteiger partial charge >= 0.3 is 5.97 Å². The SMILES string of the molecule is Cc1nc(NC(=O)c2ccc(F)c(F)c2F)sc1CC(=O)O. The second-order valence-electron chi connectivity index (χ2n) is 4.28. The molecule has 0 fully saturated rings. The fourth-order valence-corrected chi connectivity index (χ4v) is 2.60. The van der Waals surface area contributed by atoms with Gasteiger partial charge in [-0.1, -0.05) is 0 Å². The normalized spacial score (nSPS) is 10.5. The number of carbonyl (C=O) groups is 2. The summed E-state index contributed by atoms with van der Waals surface area (Å²) in [7, 11) is 0. The Labute approximate surface area is 126 Å². The number of nitrogens with one attached hydrogen (secondary N) is 1. The van der Waals surface area contributed by atoms with Crippen molar-refractivity contribution < 1.29 is 27.9 Å². The van der Waals surface area contributed by atoms with Crippen molar-refractivity contribution in [3.05, 3.63) is 45.7 Å². The lowest BCUT2D eigenvalue weighted by Crippen LogP contribution is -2.15. The Morgan fingerprint density at radius 2 is 1.95 bits per heavy atom. The molecule has 0 atom stereocenters. The van der Waals surface area contributed by atoms with Gasteiger partial charge in [0.15, 0.2) is 22.6 Å². The van der Waals surface area contributed by atoms with E-state index in [1.807, 2.05) is 0 Å². The largest absolute Gasteiger partial charge is 0.481 e. The zero-order valence-corrected chi connectivity index (χ0v) is 11.9. The highest BCUT2D eigenvalue weighted by molar-refractivity contribution is 7.16. The number of aryl methyl sites for hydroxylation is 1. The molecular formula is C13H9F3N2O3S. The lowest BCUT2D eigenvalue weighted by atomic mass is 10.2. The van der Waals surface area contributed by atoms with Gasteiger partial charge in [-0.15, -0.1) is 11.3 Å². The van der Waals surface area contributed by atoms with Crippen LogP contribution in [0.2, 0.25) is 0 Å². The van der Waals surface area contributed by atoms with Crippen LogP contribution >= 0.6 is 11.3 Å². The minimum atomic E-state index is -1.74. The summed E-state index contributed by atoms with van der Waals surface area (Å²) in [4.78, 5) is 26.9. The van der Waals surface area contributed by atoms with Gasteiger partial charge in [0, 0.05) is 4.88 Å². The van der Waals surface area contributed by atoms with Gasteiger partial charge in [-0.2, -0.15) is 0 Å². The van der Waals surface area contributed by atoms with E-state index in [1.54, 1.807) is 6.92 Å². The molecule has 0 aliphatic carbocycles. The van der Waals surface area contributed by atoms with E-state index in [-0.39, 0.29) is 11.6 Å². The standard InChI is InChI=1S/C13H9F3N2O3S/c1-5-8(4-9(19)20)22-13(17-5)18-12(21)6-2-3-7(14)11(16)10(6)15/h2-3H,4H2,1H3,(H,19,20)(H,17,18,21). The summed E-state index contributed by atoms with van der Waals surface area (Å²) < 4.78 is 39.4. The summed E-state index contributed by atoms with van der Waals surface area (Å²) >= 11 is 0.910. The lowest BCUT2D eigenvalue weighted by Gasteiger charge is -2.04. The van der Waals surface area contributed by atoms with Gasteiger partial charge in [0.2, 0.25) is 0 Å². The molecule has 5 nitrogen and oxygen atoms in total. The highest BCUT2D eigenvalue weighted by atomic mass is 32.1. The van der Waals surface area contributed by atoms with Crippen molar-refractivity contribution in [2.24, 2.45) is 0 Å². The first-order chi connectivity index (χ1) is 10.3. The van der Waals surface area contributed by atoms with Gasteiger partial charge in [-0.05, 0) is 19.1 Å². The number of hydrogen-bond acceptors (Lipinski definition) is 4. The van der Waals surface area contributed by atoms with Crippen molar-refractivity contribution in [1.82, 2.24) is 4.98 Å². The van der Waals surface area contributed by atoms with Crippen LogP contribution in [-0.2, 0) is 11.2 Å². The van der Waals surface area contributed by atoms with Crippen LogP contribution < -0.4 is 5.32 Å². The monoisotopic (exact) mass is 330 g/mol. The van der Waals surface area contributed by atoms with Crippen molar-refractivity contribution in [2.75, 3.05) is 5.32 Å². The maximum absolute atomic E-state index is 13.5. The Balaban J connectivity index is 2.23. The Hall–Kier alpha value is -2.42. The molecular weight excluding hydrogens is 321 g/mol. The first-order valence-corrected chi connectivity index (χ1v) is 6.74. The quantitative estimate of drug-likeness (QED) is 0.845. The Kier molecular flexibility index (Phi) is 4.45. The van der Waals surface area contributed by atoms with Gasteiger partial charge < -0.3 is 5.11 Å². The number of amides is 1. The number of aromatic nitrogens is 1. The molecule has 0 saturated carbocycles. The average Bonchev–Trinajstić information content (AvgIpc) is 2.75. The Morgan fingerprint density at radius 1 is 1.27 bits per heavy atom. The molecule has 0 aliphatic heterocycles. The molecule has 1 amide bonds. The van der Waals surface area contributed by atoms with Crippen LogP contribution in [0.1, 0.15) is 20.9 Å². The molecule has 1 aromatic carbocycles. The number of nitrogens with zero attached hydrogens (tertiary/aromatic N) is 1. The average molecular weight is 330 g/mol. The molecule has 9 heteroatoms. The van der Waals surface area contributed by atoms with Crippen LogP contribution in [0.3, 0.4) is 0 Å². The fraction of sp³-hybridized carbons (Fsp3) is 0.154. The Morgan fingerprint density at radius 3 is 2.59 bits per heavy atom. The first kappa shape index (κ1) is 16.0. The maximum Gasteiger partial charge on any atom is 0.308 e. The van der Waals surface area contributed by atoms with Crippen molar-refractivity contribution in [3.8, 4) is 0 Å². The van der Waals surface area contributed by atoms with Gasteiger partial charge in [-0.25, -0.2) is 18.2 Å². The molecule has 2 N–H and O–H groups in total. The van der Waals surface area contributed by atoms with E-state index in [1.165, 1.54) is 0 Å². The van der Waals surface area contributed by atoms with E-state index in [2.05, 4.69) is 10.3 Å². The minimum Gasteiger partial charge on any atom is -0.481 e. The van der Waals surface area contributed by atoms with Crippen LogP contribution in [0.25, 0.3) is 0 Å². The summed E-state index contributed by atoms with van der Waals surface area (Å²) in [5.41, 5.74) is -0.264. The number of carbonyl (C=O) groups excluding carboxylic acids is 1. The topological polar surface area (TPSA) is 79.3 Å². The molecule has 0 saturated heterocycles. The summed E-state index contributed by atoms with van der Waals surface area (Å²) in [6, 6.07) is 1.44. The van der Waals surface area contributed by atoms with Crippen LogP contribution in [0, 0.1) is 24.4 Å². The first-order valence-electron chi connectivity index (χ1n) is 5.92. The summed E-state index contributed by atoms with van der Waals surface area (Å²) in [6.07, 6.45) is -0.265. The van der Waals surface area contributed by atoms with Gasteiger partial charge in [-0.3, -0.25) is 14.9 Å².